The molecule has 6 nitrogen and oxygen atoms in total. The van der Waals surface area contributed by atoms with Crippen molar-refractivity contribution in [3.8, 4) is 90.3 Å². The monoisotopic (exact) mass is 1890 g/mol. The van der Waals surface area contributed by atoms with Gasteiger partial charge in [0, 0.05) is 71.0 Å². The van der Waals surface area contributed by atoms with Crippen molar-refractivity contribution in [3.05, 3.63) is 398 Å². The van der Waals surface area contributed by atoms with Crippen LogP contribution in [0.2, 0.25) is 0 Å². The molecule has 0 atom stereocenters. The molecule has 0 spiro atoms. The van der Waals surface area contributed by atoms with Crippen LogP contribution < -0.4 is 0 Å². The third kappa shape index (κ3) is 17.3. The van der Waals surface area contributed by atoms with Gasteiger partial charge in [0.1, 0.15) is 0 Å². The summed E-state index contributed by atoms with van der Waals surface area (Å²) in [5, 5.41) is 26.6. The predicted molar refractivity (Wildman–Crippen MR) is 507 cm³/mol. The highest BCUT2D eigenvalue weighted by Gasteiger charge is 2.37. The first kappa shape index (κ1) is 80.9. The summed E-state index contributed by atoms with van der Waals surface area (Å²) in [5.41, 5.74) is 28.2. The standard InChI is InChI=1S/C22H18.C20H12Br2.C17H18.C16H14N2O.C15H12Br2.C14H8Br2N2O/c1-15-11-13-17-7-3-5-9-19(17)21(15)22-16(2)12-14-18-8-4-6-10-20(18)22;21-17-11-9-13-5-1-3-7-15(13)19(17)20-16-8-4-2-6-14(16)10-12-18(20)22;1-11-5-7-13-14-8-6-12(2)10-16(14)17(3,4)15(13)9-11;1-11-3-7-13(8-4-11)15-17-18-16(19-15)14-9-5-12(2)6-10-14;1-15(2)13-7-9(16)3-5-11(13)12-6-4-10(17)8-14(12)15;15-11-5-1-9(2-6-11)13-17-18-14(19-13)10-3-7-12(16)8-4-10/h3-14H,1-2H3;1-12H;5-10H,1-4H3;3-10H,1-2H3;3-8H,1-2H3;1-8H. The first-order chi connectivity index (χ1) is 55.9. The molecule has 2 aromatic heterocycles. The number of benzene rings is 16. The third-order valence-corrected chi connectivity index (χ3v) is 25.1. The number of hydrogen-bond donors (Lipinski definition) is 0. The van der Waals surface area contributed by atoms with Crippen LogP contribution in [0.5, 0.6) is 0 Å². The fourth-order valence-electron chi connectivity index (χ4n) is 15.6. The number of aromatic nitrogens is 4. The lowest BCUT2D eigenvalue weighted by Gasteiger charge is -2.22. The lowest BCUT2D eigenvalue weighted by atomic mass is 9.81. The minimum absolute atomic E-state index is 0.0816. The molecule has 0 amide bonds. The van der Waals surface area contributed by atoms with Gasteiger partial charge in [-0.2, -0.15) is 0 Å². The Labute approximate surface area is 729 Å². The molecule has 0 bridgehead atoms. The summed E-state index contributed by atoms with van der Waals surface area (Å²) in [6.07, 6.45) is 0. The van der Waals surface area contributed by atoms with Crippen molar-refractivity contribution >= 4 is 139 Å². The highest BCUT2D eigenvalue weighted by molar-refractivity contribution is 9.11. The molecule has 0 aliphatic heterocycles. The van der Waals surface area contributed by atoms with E-state index in [9.17, 15) is 0 Å². The zero-order chi connectivity index (χ0) is 81.1. The Morgan fingerprint density at radius 1 is 0.233 bits per heavy atom. The molecule has 572 valence electrons. The molecule has 0 unspecified atom stereocenters. The van der Waals surface area contributed by atoms with Crippen molar-refractivity contribution in [2.24, 2.45) is 0 Å². The van der Waals surface area contributed by atoms with Crippen LogP contribution in [-0.2, 0) is 10.8 Å². The van der Waals surface area contributed by atoms with Gasteiger partial charge in [-0.15, -0.1) is 20.4 Å². The second kappa shape index (κ2) is 34.9. The van der Waals surface area contributed by atoms with E-state index in [-0.39, 0.29) is 10.8 Å². The summed E-state index contributed by atoms with van der Waals surface area (Å²) in [6, 6.07) is 110. The Morgan fingerprint density at radius 2 is 0.483 bits per heavy atom. The first-order valence-electron chi connectivity index (χ1n) is 38.4. The van der Waals surface area contributed by atoms with E-state index in [2.05, 4.69) is 404 Å². The molecular formula is C104H82Br6N4O2. The van der Waals surface area contributed by atoms with Gasteiger partial charge in [-0.25, -0.2) is 0 Å². The maximum absolute atomic E-state index is 5.71. The van der Waals surface area contributed by atoms with Crippen LogP contribution in [0.3, 0.4) is 0 Å². The fourth-order valence-corrected chi connectivity index (χ4v) is 17.9. The largest absolute Gasteiger partial charge is 0.416 e. The minimum atomic E-state index is 0.0816. The van der Waals surface area contributed by atoms with Gasteiger partial charge in [0.15, 0.2) is 0 Å². The van der Waals surface area contributed by atoms with E-state index in [4.69, 9.17) is 8.83 Å². The van der Waals surface area contributed by atoms with Gasteiger partial charge in [0.2, 0.25) is 23.6 Å². The molecule has 116 heavy (non-hydrogen) atoms. The summed E-state index contributed by atoms with van der Waals surface area (Å²) in [7, 11) is 0. The van der Waals surface area contributed by atoms with E-state index in [1.165, 1.54) is 143 Å². The Balaban J connectivity index is 0.000000110. The van der Waals surface area contributed by atoms with E-state index in [0.29, 0.717) is 23.6 Å². The van der Waals surface area contributed by atoms with Crippen LogP contribution in [0.1, 0.15) is 83.3 Å². The maximum atomic E-state index is 5.71. The molecule has 2 heterocycles. The van der Waals surface area contributed by atoms with Crippen molar-refractivity contribution in [2.45, 2.75) is 80.1 Å². The zero-order valence-corrected chi connectivity index (χ0v) is 75.4. The highest BCUT2D eigenvalue weighted by atomic mass is 79.9. The number of hydrogen-bond acceptors (Lipinski definition) is 6. The predicted octanol–water partition coefficient (Wildman–Crippen LogP) is 32.5. The maximum Gasteiger partial charge on any atom is 0.248 e. The topological polar surface area (TPSA) is 77.8 Å². The van der Waals surface area contributed by atoms with Gasteiger partial charge in [0.05, 0.1) is 0 Å². The van der Waals surface area contributed by atoms with Crippen LogP contribution in [0.4, 0.5) is 0 Å². The molecule has 16 aromatic carbocycles. The molecule has 2 aliphatic carbocycles. The SMILES string of the molecule is Brc1ccc(-c2nnc(-c3ccc(Br)cc3)o2)cc1.Brc1ccc2ccccc2c1-c1c(Br)ccc2ccccc12.CC1(C)c2cc(Br)ccc2-c2ccc(Br)cc21.Cc1ccc(-c2nnc(-c3ccc(C)cc3)o2)cc1.Cc1ccc2c(c1)C(C)(C)c1cc(C)ccc1-2.Cc1ccc2ccccc2c1-c1c(C)ccc2ccccc12. The van der Waals surface area contributed by atoms with Crippen molar-refractivity contribution in [1.82, 2.24) is 20.4 Å². The summed E-state index contributed by atoms with van der Waals surface area (Å²) in [6.45, 7) is 22.1. The van der Waals surface area contributed by atoms with Gasteiger partial charge in [-0.05, 0) is 261 Å². The molecular weight excluding hydrogens is 1820 g/mol. The van der Waals surface area contributed by atoms with E-state index in [1.54, 1.807) is 0 Å². The van der Waals surface area contributed by atoms with Crippen LogP contribution in [0, 0.1) is 41.5 Å². The summed E-state index contributed by atoms with van der Waals surface area (Å²) in [4.78, 5) is 0. The second-order valence-corrected chi connectivity index (χ2v) is 35.9. The van der Waals surface area contributed by atoms with E-state index in [0.717, 1.165) is 49.1 Å². The molecule has 0 radical (unpaired) electrons. The summed E-state index contributed by atoms with van der Waals surface area (Å²) >= 11 is 21.4. The minimum Gasteiger partial charge on any atom is -0.416 e. The summed E-state index contributed by atoms with van der Waals surface area (Å²) < 4.78 is 18.0. The Morgan fingerprint density at radius 3 is 0.802 bits per heavy atom. The quantitative estimate of drug-likeness (QED) is 0.165. The molecule has 18 aromatic rings. The molecule has 0 saturated carbocycles. The average Bonchev–Trinajstić information content (AvgIpc) is 1.55. The first-order valence-corrected chi connectivity index (χ1v) is 43.2. The van der Waals surface area contributed by atoms with Crippen LogP contribution >= 0.6 is 95.6 Å². The summed E-state index contributed by atoms with van der Waals surface area (Å²) in [5.74, 6) is 2.14. The van der Waals surface area contributed by atoms with Gasteiger partial charge >= 0.3 is 0 Å². The van der Waals surface area contributed by atoms with Gasteiger partial charge in [0.25, 0.3) is 0 Å². The Bertz CT molecular complexity index is 5870. The van der Waals surface area contributed by atoms with Crippen LogP contribution in [-0.4, -0.2) is 20.4 Å². The smallest absolute Gasteiger partial charge is 0.248 e. The molecule has 0 N–H and O–H groups in total. The third-order valence-electron chi connectivity index (χ3n) is 21.7. The van der Waals surface area contributed by atoms with Crippen LogP contribution in [0.25, 0.3) is 133 Å². The lowest BCUT2D eigenvalue weighted by Crippen LogP contribution is -2.15. The van der Waals surface area contributed by atoms with Gasteiger partial charge in [-0.1, -0.05) is 352 Å². The number of halogens is 6. The van der Waals surface area contributed by atoms with Crippen molar-refractivity contribution in [3.63, 3.8) is 0 Å². The van der Waals surface area contributed by atoms with E-state index in [1.807, 2.05) is 97.1 Å². The van der Waals surface area contributed by atoms with Crippen molar-refractivity contribution in [1.29, 1.82) is 0 Å². The number of fused-ring (bicyclic) bond motifs is 10. The molecule has 2 aliphatic rings. The van der Waals surface area contributed by atoms with Gasteiger partial charge in [-0.3, -0.25) is 0 Å². The molecule has 20 rings (SSSR count). The average molecular weight is 1900 g/mol. The van der Waals surface area contributed by atoms with E-state index < -0.39 is 0 Å². The highest BCUT2D eigenvalue weighted by Crippen LogP contribution is 2.52. The van der Waals surface area contributed by atoms with Crippen LogP contribution in [0.15, 0.2) is 351 Å². The molecule has 0 saturated heterocycles. The van der Waals surface area contributed by atoms with Crippen molar-refractivity contribution < 1.29 is 8.83 Å². The Hall–Kier alpha value is -10.3. The lowest BCUT2D eigenvalue weighted by molar-refractivity contribution is 0.584. The van der Waals surface area contributed by atoms with Gasteiger partial charge < -0.3 is 8.83 Å². The number of nitrogens with zero attached hydrogens (tertiary/aromatic N) is 4. The molecule has 0 fully saturated rings. The van der Waals surface area contributed by atoms with E-state index >= 15 is 0 Å². The molecule has 12 heteroatoms. The zero-order valence-electron chi connectivity index (χ0n) is 65.9. The second-order valence-electron chi connectivity index (χ2n) is 30.5. The Kier molecular flexibility index (Phi) is 24.3. The van der Waals surface area contributed by atoms with Crippen molar-refractivity contribution in [2.75, 3.05) is 0 Å². The number of rotatable bonds is 6. The fraction of sp³-hybridized carbons (Fsp3) is 0.115. The normalized spacial score (nSPS) is 12.3. The number of aryl methyl sites for hydroxylation is 6.